The Hall–Kier alpha value is -5.35. The lowest BCUT2D eigenvalue weighted by molar-refractivity contribution is 0.427. The van der Waals surface area contributed by atoms with Crippen LogP contribution in [0.3, 0.4) is 0 Å². The van der Waals surface area contributed by atoms with Crippen molar-refractivity contribution in [2.75, 3.05) is 11.9 Å². The molecule has 3 aliphatic rings. The van der Waals surface area contributed by atoms with Crippen LogP contribution in [0.5, 0.6) is 11.5 Å². The summed E-state index contributed by atoms with van der Waals surface area (Å²) in [6.45, 7) is 0.774. The minimum absolute atomic E-state index is 0.0901. The fourth-order valence-corrected chi connectivity index (χ4v) is 6.59. The molecule has 0 amide bonds. The molecule has 0 saturated heterocycles. The van der Waals surface area contributed by atoms with E-state index in [1.807, 2.05) is 18.3 Å². The van der Waals surface area contributed by atoms with Crippen molar-refractivity contribution >= 4 is 17.6 Å². The van der Waals surface area contributed by atoms with Crippen LogP contribution in [0.2, 0.25) is 0 Å². The number of nitrogens with one attached hydrogen (secondary N) is 2. The molecule has 2 N–H and O–H groups in total. The maximum atomic E-state index is 6.58. The number of rotatable bonds is 4. The van der Waals surface area contributed by atoms with Gasteiger partial charge in [-0.2, -0.15) is 0 Å². The molecule has 0 aromatic heterocycles. The van der Waals surface area contributed by atoms with Gasteiger partial charge in [0.2, 0.25) is 0 Å². The van der Waals surface area contributed by atoms with Gasteiger partial charge in [-0.25, -0.2) is 0 Å². The molecule has 0 radical (unpaired) electrons. The highest BCUT2D eigenvalue weighted by molar-refractivity contribution is 5.92. The normalized spacial score (nSPS) is 19.7. The van der Waals surface area contributed by atoms with Crippen molar-refractivity contribution in [1.29, 1.82) is 0 Å². The van der Waals surface area contributed by atoms with E-state index in [4.69, 9.17) is 9.73 Å². The highest BCUT2D eigenvalue weighted by atomic mass is 16.5. The Kier molecular flexibility index (Phi) is 5.78. The van der Waals surface area contributed by atoms with E-state index < -0.39 is 5.41 Å². The number of aliphatic imine (C=N–C) groups is 1. The molecule has 0 fully saturated rings. The van der Waals surface area contributed by atoms with Crippen LogP contribution in [0.4, 0.5) is 11.4 Å². The number of benzene rings is 5. The Balaban J connectivity index is 1.29. The van der Waals surface area contributed by atoms with Gasteiger partial charge >= 0.3 is 0 Å². The van der Waals surface area contributed by atoms with Crippen molar-refractivity contribution in [3.8, 4) is 22.6 Å². The van der Waals surface area contributed by atoms with E-state index in [1.54, 1.807) is 0 Å². The van der Waals surface area contributed by atoms with Crippen LogP contribution in [0.25, 0.3) is 11.1 Å². The highest BCUT2D eigenvalue weighted by Gasteiger charge is 2.47. The number of ether oxygens (including phenoxy) is 1. The van der Waals surface area contributed by atoms with E-state index in [0.717, 1.165) is 62.9 Å². The first-order valence-corrected chi connectivity index (χ1v) is 14.4. The summed E-state index contributed by atoms with van der Waals surface area (Å²) in [6, 6.07) is 42.4. The van der Waals surface area contributed by atoms with Crippen molar-refractivity contribution in [2.45, 2.75) is 11.5 Å². The zero-order chi connectivity index (χ0) is 27.9. The standard InChI is InChI=1S/C38H29N3O/c1-3-12-26(13-4-1)29-16-11-18-32-37(29)40-25-33(41-32)27-21-22-35-31(24-27)38(28-14-5-2-6-15-28,36-20-9-10-23-39-36)30-17-7-8-19-34(30)42-35/h1-22,24-25,33,39,41H,23H2. The zero-order valence-electron chi connectivity index (χ0n) is 23.0. The van der Waals surface area contributed by atoms with E-state index in [9.17, 15) is 0 Å². The molecule has 5 aromatic rings. The Morgan fingerprint density at radius 1 is 0.738 bits per heavy atom. The van der Waals surface area contributed by atoms with Crippen LogP contribution >= 0.6 is 0 Å². The minimum atomic E-state index is -0.573. The summed E-state index contributed by atoms with van der Waals surface area (Å²) in [5.41, 5.74) is 9.39. The van der Waals surface area contributed by atoms with Crippen LogP contribution in [0.1, 0.15) is 28.3 Å². The Bertz CT molecular complexity index is 1890. The third kappa shape index (κ3) is 3.80. The first-order valence-electron chi connectivity index (χ1n) is 14.4. The molecule has 202 valence electrons. The Morgan fingerprint density at radius 3 is 2.36 bits per heavy atom. The number of nitrogens with zero attached hydrogens (tertiary/aromatic N) is 1. The molecule has 0 saturated carbocycles. The molecule has 8 rings (SSSR count). The van der Waals surface area contributed by atoms with Crippen LogP contribution in [-0.2, 0) is 5.41 Å². The summed E-state index contributed by atoms with van der Waals surface area (Å²) >= 11 is 0. The van der Waals surface area contributed by atoms with Crippen LogP contribution in [0, 0.1) is 0 Å². The van der Waals surface area contributed by atoms with Gasteiger partial charge in [-0.3, -0.25) is 4.99 Å². The van der Waals surface area contributed by atoms with Gasteiger partial charge in [0, 0.05) is 35.1 Å². The number of hydrogen-bond acceptors (Lipinski definition) is 4. The lowest BCUT2D eigenvalue weighted by Crippen LogP contribution is -2.41. The van der Waals surface area contributed by atoms with Gasteiger partial charge in [0.15, 0.2) is 0 Å². The lowest BCUT2D eigenvalue weighted by atomic mass is 9.64. The molecule has 42 heavy (non-hydrogen) atoms. The van der Waals surface area contributed by atoms with E-state index in [-0.39, 0.29) is 6.04 Å². The number of anilines is 1. The smallest absolute Gasteiger partial charge is 0.132 e. The Morgan fingerprint density at radius 2 is 1.52 bits per heavy atom. The molecule has 0 spiro atoms. The predicted molar refractivity (Wildman–Crippen MR) is 171 cm³/mol. The van der Waals surface area contributed by atoms with E-state index in [0.29, 0.717) is 0 Å². The summed E-state index contributed by atoms with van der Waals surface area (Å²) in [6.07, 6.45) is 8.53. The van der Waals surface area contributed by atoms with E-state index >= 15 is 0 Å². The molecule has 2 atom stereocenters. The third-order valence-electron chi connectivity index (χ3n) is 8.48. The van der Waals surface area contributed by atoms with Gasteiger partial charge in [0.1, 0.15) is 11.5 Å². The zero-order valence-corrected chi connectivity index (χ0v) is 23.0. The van der Waals surface area contributed by atoms with Gasteiger partial charge in [-0.1, -0.05) is 109 Å². The summed E-state index contributed by atoms with van der Waals surface area (Å²) in [7, 11) is 0. The second-order valence-electron chi connectivity index (χ2n) is 10.8. The average molecular weight is 544 g/mol. The van der Waals surface area contributed by atoms with E-state index in [1.165, 1.54) is 5.56 Å². The average Bonchev–Trinajstić information content (AvgIpc) is 3.07. The Labute approximate surface area is 245 Å². The minimum Gasteiger partial charge on any atom is -0.457 e. The number of fused-ring (bicyclic) bond motifs is 3. The topological polar surface area (TPSA) is 45.6 Å². The first-order chi connectivity index (χ1) is 20.8. The highest BCUT2D eigenvalue weighted by Crippen LogP contribution is 2.55. The molecule has 0 aliphatic carbocycles. The molecule has 0 bridgehead atoms. The van der Waals surface area contributed by atoms with E-state index in [2.05, 4.69) is 138 Å². The largest absolute Gasteiger partial charge is 0.457 e. The van der Waals surface area contributed by atoms with Crippen molar-refractivity contribution in [2.24, 2.45) is 4.99 Å². The molecule has 4 heteroatoms. The molecule has 4 nitrogen and oxygen atoms in total. The summed E-state index contributed by atoms with van der Waals surface area (Å²) < 4.78 is 6.58. The van der Waals surface area contributed by atoms with Gasteiger partial charge in [0.05, 0.1) is 22.8 Å². The van der Waals surface area contributed by atoms with Gasteiger partial charge in [-0.15, -0.1) is 0 Å². The molecule has 5 aromatic carbocycles. The summed E-state index contributed by atoms with van der Waals surface area (Å²) in [5, 5.41) is 7.49. The number of hydrogen-bond donors (Lipinski definition) is 2. The summed E-state index contributed by atoms with van der Waals surface area (Å²) in [5.74, 6) is 1.73. The lowest BCUT2D eigenvalue weighted by Gasteiger charge is -2.43. The predicted octanol–water partition coefficient (Wildman–Crippen LogP) is 8.71. The monoisotopic (exact) mass is 543 g/mol. The molecule has 2 unspecified atom stereocenters. The van der Waals surface area contributed by atoms with Crippen LogP contribution in [-0.4, -0.2) is 12.8 Å². The molecule has 3 heterocycles. The van der Waals surface area contributed by atoms with Gasteiger partial charge < -0.3 is 15.4 Å². The van der Waals surface area contributed by atoms with Crippen molar-refractivity contribution in [3.63, 3.8) is 0 Å². The number of allylic oxidation sites excluding steroid dienone is 3. The van der Waals surface area contributed by atoms with Gasteiger partial charge in [0.25, 0.3) is 0 Å². The van der Waals surface area contributed by atoms with Gasteiger partial charge in [-0.05, 0) is 47.0 Å². The second kappa shape index (κ2) is 9.93. The van der Waals surface area contributed by atoms with Crippen LogP contribution in [0.15, 0.2) is 150 Å². The van der Waals surface area contributed by atoms with Crippen molar-refractivity contribution < 1.29 is 4.74 Å². The maximum absolute atomic E-state index is 6.58. The molecule has 3 aliphatic heterocycles. The van der Waals surface area contributed by atoms with Crippen molar-refractivity contribution in [1.82, 2.24) is 5.32 Å². The first kappa shape index (κ1) is 24.4. The fourth-order valence-electron chi connectivity index (χ4n) is 6.59. The SMILES string of the molecule is C1=CCNC(C2(c3ccccc3)c3ccccc3Oc3ccc(C4C=Nc5c(cccc5-c5ccccc5)N4)cc32)=C1. The second-order valence-corrected chi connectivity index (χ2v) is 10.8. The summed E-state index contributed by atoms with van der Waals surface area (Å²) in [4.78, 5) is 5.01. The number of para-hydroxylation sites is 2. The third-order valence-corrected chi connectivity index (χ3v) is 8.48. The fraction of sp³-hybridized carbons (Fsp3) is 0.0789. The molecular weight excluding hydrogens is 514 g/mol. The number of dihydropyridines is 1. The van der Waals surface area contributed by atoms with Crippen molar-refractivity contribution in [3.05, 3.63) is 168 Å². The quantitative estimate of drug-likeness (QED) is 0.238. The molecular formula is C38H29N3O. The van der Waals surface area contributed by atoms with Crippen LogP contribution < -0.4 is 15.4 Å². The maximum Gasteiger partial charge on any atom is 0.132 e.